The van der Waals surface area contributed by atoms with Crippen LogP contribution in [0.4, 0.5) is 11.4 Å². The van der Waals surface area contributed by atoms with E-state index in [0.717, 1.165) is 77.1 Å². The van der Waals surface area contributed by atoms with Crippen LogP contribution in [-0.2, 0) is 50.7 Å². The molecule has 0 saturated heterocycles. The number of ether oxygens (including phenoxy) is 5. The number of carbonyl (C=O) groups excluding carboxylic acids is 1. The Balaban J connectivity index is 1.20. The SMILES string of the molecule is CCN(CC)c1ccc2c(c1)Oc1cc(N(CC)CC)ccc1C21c2ccccc2C(=O)N1CCN(Cc1cn(CCOCCOCCO)nn1)Cc1cn(CCOCCOCCO)nn1. The number of hydrogen-bond acceptors (Lipinski definition) is 15. The van der Waals surface area contributed by atoms with E-state index in [0.29, 0.717) is 84.5 Å². The van der Waals surface area contributed by atoms with Crippen LogP contribution in [0.3, 0.4) is 0 Å². The van der Waals surface area contributed by atoms with Crippen LogP contribution in [0.5, 0.6) is 11.5 Å². The monoisotopic (exact) mass is 911 g/mol. The van der Waals surface area contributed by atoms with Crippen molar-refractivity contribution in [3.05, 3.63) is 107 Å². The lowest BCUT2D eigenvalue weighted by molar-refractivity contribution is 0.0302. The number of carbonyl (C=O) groups is 1. The molecule has 0 unspecified atom stereocenters. The van der Waals surface area contributed by atoms with Gasteiger partial charge in [0.15, 0.2) is 0 Å². The van der Waals surface area contributed by atoms with Gasteiger partial charge in [-0.15, -0.1) is 10.2 Å². The molecule has 3 aromatic carbocycles. The van der Waals surface area contributed by atoms with E-state index < -0.39 is 5.54 Å². The minimum Gasteiger partial charge on any atom is -0.456 e. The van der Waals surface area contributed by atoms with E-state index in [4.69, 9.17) is 33.9 Å². The molecule has 7 rings (SSSR count). The van der Waals surface area contributed by atoms with E-state index >= 15 is 4.79 Å². The first-order valence-corrected chi connectivity index (χ1v) is 23.3. The molecule has 0 fully saturated rings. The Morgan fingerprint density at radius 2 is 1.09 bits per heavy atom. The summed E-state index contributed by atoms with van der Waals surface area (Å²) < 4.78 is 32.5. The van der Waals surface area contributed by atoms with Gasteiger partial charge in [-0.25, -0.2) is 9.36 Å². The van der Waals surface area contributed by atoms with Gasteiger partial charge in [0.1, 0.15) is 17.0 Å². The van der Waals surface area contributed by atoms with Crippen molar-refractivity contribution in [3.8, 4) is 11.5 Å². The molecule has 2 aliphatic heterocycles. The van der Waals surface area contributed by atoms with Crippen LogP contribution in [0.25, 0.3) is 0 Å². The number of aliphatic hydroxyl groups is 2. The molecular formula is C48H66N10O8. The first-order chi connectivity index (χ1) is 32.4. The Morgan fingerprint density at radius 1 is 0.606 bits per heavy atom. The molecule has 0 saturated carbocycles. The third-order valence-corrected chi connectivity index (χ3v) is 12.1. The van der Waals surface area contributed by atoms with Gasteiger partial charge in [0.2, 0.25) is 0 Å². The topological polar surface area (TPSA) is 178 Å². The summed E-state index contributed by atoms with van der Waals surface area (Å²) in [5.74, 6) is 1.41. The predicted molar refractivity (Wildman–Crippen MR) is 249 cm³/mol. The van der Waals surface area contributed by atoms with E-state index in [1.165, 1.54) is 0 Å². The molecule has 18 nitrogen and oxygen atoms in total. The summed E-state index contributed by atoms with van der Waals surface area (Å²) in [6.07, 6.45) is 3.84. The summed E-state index contributed by atoms with van der Waals surface area (Å²) in [6, 6.07) is 20.9. The maximum atomic E-state index is 15.1. The molecular weight excluding hydrogens is 845 g/mol. The molecule has 0 radical (unpaired) electrons. The van der Waals surface area contributed by atoms with Crippen LogP contribution < -0.4 is 14.5 Å². The summed E-state index contributed by atoms with van der Waals surface area (Å²) in [4.78, 5) is 24.0. The number of rotatable bonds is 29. The number of anilines is 2. The van der Waals surface area contributed by atoms with Gasteiger partial charge in [-0.1, -0.05) is 40.8 Å². The number of aliphatic hydroxyl groups excluding tert-OH is 2. The summed E-state index contributed by atoms with van der Waals surface area (Å²) in [6.45, 7) is 17.7. The zero-order valence-corrected chi connectivity index (χ0v) is 38.9. The first-order valence-electron chi connectivity index (χ1n) is 23.3. The Hall–Kier alpha value is -5.47. The van der Waals surface area contributed by atoms with E-state index in [1.54, 1.807) is 9.36 Å². The molecule has 0 bridgehead atoms. The molecule has 1 spiro atoms. The number of benzene rings is 3. The second-order valence-corrected chi connectivity index (χ2v) is 16.1. The molecule has 2 aromatic heterocycles. The molecule has 0 aliphatic carbocycles. The van der Waals surface area contributed by atoms with Gasteiger partial charge in [-0.2, -0.15) is 0 Å². The van der Waals surface area contributed by atoms with Crippen molar-refractivity contribution < 1.29 is 38.7 Å². The normalized spacial score (nSPS) is 13.6. The van der Waals surface area contributed by atoms with Gasteiger partial charge < -0.3 is 48.6 Å². The molecule has 1 amide bonds. The lowest BCUT2D eigenvalue weighted by Crippen LogP contribution is -2.50. The van der Waals surface area contributed by atoms with E-state index in [1.807, 2.05) is 35.5 Å². The van der Waals surface area contributed by atoms with Crippen molar-refractivity contribution >= 4 is 17.3 Å². The van der Waals surface area contributed by atoms with Gasteiger partial charge in [0.05, 0.1) is 90.5 Å². The van der Waals surface area contributed by atoms with Crippen LogP contribution in [0.1, 0.15) is 66.1 Å². The highest BCUT2D eigenvalue weighted by Crippen LogP contribution is 2.58. The fourth-order valence-electron chi connectivity index (χ4n) is 8.94. The van der Waals surface area contributed by atoms with Crippen LogP contribution in [-0.4, -0.2) is 161 Å². The summed E-state index contributed by atoms with van der Waals surface area (Å²) in [5.41, 5.74) is 6.08. The number of fused-ring (bicyclic) bond motifs is 6. The lowest BCUT2D eigenvalue weighted by atomic mass is 9.74. The van der Waals surface area contributed by atoms with Crippen molar-refractivity contribution in [1.29, 1.82) is 0 Å². The van der Waals surface area contributed by atoms with Gasteiger partial charge in [-0.3, -0.25) is 9.69 Å². The van der Waals surface area contributed by atoms with Crippen LogP contribution in [0, 0.1) is 0 Å². The van der Waals surface area contributed by atoms with Crippen LogP contribution >= 0.6 is 0 Å². The Labute approximate surface area is 387 Å². The zero-order valence-electron chi connectivity index (χ0n) is 38.9. The maximum absolute atomic E-state index is 15.1. The van der Waals surface area contributed by atoms with Crippen molar-refractivity contribution in [2.75, 3.05) is 115 Å². The maximum Gasteiger partial charge on any atom is 0.255 e. The predicted octanol–water partition coefficient (Wildman–Crippen LogP) is 4.17. The highest BCUT2D eigenvalue weighted by atomic mass is 16.5. The largest absolute Gasteiger partial charge is 0.456 e. The fraction of sp³-hybridized carbons (Fsp3) is 0.521. The highest BCUT2D eigenvalue weighted by Gasteiger charge is 2.56. The van der Waals surface area contributed by atoms with Crippen molar-refractivity contribution in [2.24, 2.45) is 0 Å². The van der Waals surface area contributed by atoms with Crippen molar-refractivity contribution in [1.82, 2.24) is 39.8 Å². The van der Waals surface area contributed by atoms with Crippen molar-refractivity contribution in [2.45, 2.75) is 59.4 Å². The third kappa shape index (κ3) is 11.0. The average Bonchev–Trinajstić information content (AvgIpc) is 4.05. The lowest BCUT2D eigenvalue weighted by Gasteiger charge is -2.45. The Morgan fingerprint density at radius 3 is 1.58 bits per heavy atom. The number of aromatic nitrogens is 6. The fourth-order valence-corrected chi connectivity index (χ4v) is 8.94. The first kappa shape index (κ1) is 48.5. The quantitative estimate of drug-likeness (QED) is 0.0654. The molecule has 4 heterocycles. The van der Waals surface area contributed by atoms with Gasteiger partial charge in [-0.05, 0) is 51.5 Å². The zero-order chi connectivity index (χ0) is 46.3. The Kier molecular flexibility index (Phi) is 17.5. The summed E-state index contributed by atoms with van der Waals surface area (Å²) >= 11 is 0. The highest BCUT2D eigenvalue weighted by molar-refractivity contribution is 6.02. The molecule has 0 atom stereocenters. The number of hydrogen-bond donors (Lipinski definition) is 2. The number of nitrogens with zero attached hydrogens (tertiary/aromatic N) is 10. The van der Waals surface area contributed by atoms with Crippen LogP contribution in [0.15, 0.2) is 73.1 Å². The summed E-state index contributed by atoms with van der Waals surface area (Å²) in [7, 11) is 0. The summed E-state index contributed by atoms with van der Waals surface area (Å²) in [5, 5.41) is 35.8. The second-order valence-electron chi connectivity index (χ2n) is 16.1. The van der Waals surface area contributed by atoms with Gasteiger partial charge in [0.25, 0.3) is 5.91 Å². The van der Waals surface area contributed by atoms with Gasteiger partial charge in [0, 0.05) is 105 Å². The molecule has 66 heavy (non-hydrogen) atoms. The minimum atomic E-state index is -0.982. The smallest absolute Gasteiger partial charge is 0.255 e. The standard InChI is InChI=1S/C48H66N10O8/c1-5-54(6-2)39-13-15-43-45(31-39)66-46-32-40(55(7-3)8-4)14-16-44(46)48(43)42-12-10-9-11-41(42)47(61)58(48)18-17-53(33-37-35-56(51-49-37)19-23-62-27-29-64-25-21-59)34-38-36-57(52-50-38)20-24-63-28-30-65-26-22-60/h9-16,31-32,35-36,59-60H,5-8,17-30,33-34H2,1-4H3. The average molecular weight is 911 g/mol. The number of amides is 1. The van der Waals surface area contributed by atoms with Gasteiger partial charge >= 0.3 is 0 Å². The van der Waals surface area contributed by atoms with Crippen molar-refractivity contribution in [3.63, 3.8) is 0 Å². The molecule has 2 N–H and O–H groups in total. The molecule has 5 aromatic rings. The van der Waals surface area contributed by atoms with E-state index in [9.17, 15) is 0 Å². The van der Waals surface area contributed by atoms with Crippen LogP contribution in [0.2, 0.25) is 0 Å². The molecule has 2 aliphatic rings. The molecule has 356 valence electrons. The molecule has 18 heteroatoms. The van der Waals surface area contributed by atoms with E-state index in [2.05, 4.69) is 105 Å². The minimum absolute atomic E-state index is 0.0225. The second kappa shape index (κ2) is 23.8. The third-order valence-electron chi connectivity index (χ3n) is 12.1. The Bertz CT molecular complexity index is 2180. The van der Waals surface area contributed by atoms with E-state index in [-0.39, 0.29) is 32.3 Å².